The van der Waals surface area contributed by atoms with Crippen molar-refractivity contribution in [2.45, 2.75) is 0 Å². The minimum atomic E-state index is 0.645. The Kier molecular flexibility index (Phi) is 4.40. The van der Waals surface area contributed by atoms with E-state index in [1.54, 1.807) is 0 Å². The summed E-state index contributed by atoms with van der Waals surface area (Å²) in [5, 5.41) is 3.54. The monoisotopic (exact) mass is 412 g/mol. The summed E-state index contributed by atoms with van der Waals surface area (Å²) in [4.78, 5) is 12.2. The van der Waals surface area contributed by atoms with Gasteiger partial charge in [-0.2, -0.15) is 0 Å². The van der Waals surface area contributed by atoms with Gasteiger partial charge in [-0.15, -0.1) is 0 Å². The number of aromatic nitrogens is 2. The number of hydrogen-bond acceptors (Lipinski definition) is 4. The molecule has 2 heterocycles. The van der Waals surface area contributed by atoms with Gasteiger partial charge in [-0.25, -0.2) is 9.97 Å². The summed E-state index contributed by atoms with van der Waals surface area (Å²) < 4.78 is 0. The molecule has 0 unspecified atom stereocenters. The average molecular weight is 412 g/mol. The zero-order valence-electron chi connectivity index (χ0n) is 17.3. The predicted octanol–water partition coefficient (Wildman–Crippen LogP) is 7.34. The van der Waals surface area contributed by atoms with Gasteiger partial charge in [-0.1, -0.05) is 84.9 Å². The lowest BCUT2D eigenvalue weighted by molar-refractivity contribution is 1.08. The Bertz CT molecular complexity index is 1290. The molecule has 0 spiro atoms. The van der Waals surface area contributed by atoms with Crippen molar-refractivity contribution in [1.82, 2.24) is 9.97 Å². The molecule has 0 saturated carbocycles. The van der Waals surface area contributed by atoms with Crippen molar-refractivity contribution in [3.8, 4) is 22.5 Å². The minimum Gasteiger partial charge on any atom is -0.352 e. The molecule has 0 bridgehead atoms. The van der Waals surface area contributed by atoms with E-state index in [-0.39, 0.29) is 0 Å². The predicted molar refractivity (Wildman–Crippen MR) is 131 cm³/mol. The van der Waals surface area contributed by atoms with E-state index in [9.17, 15) is 0 Å². The lowest BCUT2D eigenvalue weighted by atomic mass is 10.1. The van der Waals surface area contributed by atoms with Crippen molar-refractivity contribution in [3.05, 3.63) is 115 Å². The molecule has 1 aromatic heterocycles. The molecule has 6 rings (SSSR count). The third kappa shape index (κ3) is 3.19. The number of nitrogens with one attached hydrogen (secondary N) is 1. The van der Waals surface area contributed by atoms with Gasteiger partial charge in [0.05, 0.1) is 34.1 Å². The van der Waals surface area contributed by atoms with Gasteiger partial charge < -0.3 is 5.32 Å². The maximum Gasteiger partial charge on any atom is 0.235 e. The number of rotatable bonds is 3. The van der Waals surface area contributed by atoms with Gasteiger partial charge >= 0.3 is 0 Å². The fourth-order valence-corrected chi connectivity index (χ4v) is 4.09. The average Bonchev–Trinajstić information content (AvgIpc) is 2.88. The van der Waals surface area contributed by atoms with Crippen LogP contribution in [0.5, 0.6) is 0 Å². The number of benzene rings is 4. The third-order valence-corrected chi connectivity index (χ3v) is 5.61. The van der Waals surface area contributed by atoms with Crippen LogP contribution in [0.3, 0.4) is 0 Å². The second-order valence-corrected chi connectivity index (χ2v) is 7.67. The van der Waals surface area contributed by atoms with Crippen LogP contribution in [-0.4, -0.2) is 9.97 Å². The highest BCUT2D eigenvalue weighted by Gasteiger charge is 2.26. The Labute approximate surface area is 186 Å². The van der Waals surface area contributed by atoms with Crippen molar-refractivity contribution < 1.29 is 0 Å². The molecule has 152 valence electrons. The van der Waals surface area contributed by atoms with Crippen molar-refractivity contribution in [2.24, 2.45) is 0 Å². The lowest BCUT2D eigenvalue weighted by Crippen LogP contribution is -2.20. The van der Waals surface area contributed by atoms with E-state index in [1.807, 2.05) is 60.7 Å². The highest BCUT2D eigenvalue weighted by molar-refractivity contribution is 5.95. The molecule has 0 aliphatic carbocycles. The minimum absolute atomic E-state index is 0.645. The second kappa shape index (κ2) is 7.67. The molecule has 4 nitrogen and oxygen atoms in total. The largest absolute Gasteiger partial charge is 0.352 e. The van der Waals surface area contributed by atoms with Crippen LogP contribution in [-0.2, 0) is 0 Å². The zero-order chi connectivity index (χ0) is 21.3. The van der Waals surface area contributed by atoms with Gasteiger partial charge in [0.1, 0.15) is 0 Å². The first kappa shape index (κ1) is 18.3. The number of hydrogen-bond donors (Lipinski definition) is 1. The molecule has 0 amide bonds. The van der Waals surface area contributed by atoms with Gasteiger partial charge in [-0.3, -0.25) is 4.90 Å². The van der Waals surface area contributed by atoms with Crippen LogP contribution in [0.2, 0.25) is 0 Å². The highest BCUT2D eigenvalue weighted by Crippen LogP contribution is 2.47. The summed E-state index contributed by atoms with van der Waals surface area (Å²) in [6.45, 7) is 0. The quantitative estimate of drug-likeness (QED) is 0.330. The molecule has 4 heteroatoms. The Morgan fingerprint density at radius 2 is 0.938 bits per heavy atom. The standard InChI is InChI=1S/C28H20N4/c1-3-11-20(12-4-1)24-19-25(21-13-5-2-6-14-21)31-28(30-24)32-26-17-9-7-15-22(26)29-23-16-8-10-18-27(23)32/h1-19,29H. The summed E-state index contributed by atoms with van der Waals surface area (Å²) in [7, 11) is 0. The van der Waals surface area contributed by atoms with E-state index >= 15 is 0 Å². The van der Waals surface area contributed by atoms with Crippen LogP contribution in [0.25, 0.3) is 22.5 Å². The van der Waals surface area contributed by atoms with Gasteiger partial charge in [0.25, 0.3) is 0 Å². The van der Waals surface area contributed by atoms with E-state index in [4.69, 9.17) is 9.97 Å². The SMILES string of the molecule is c1ccc(-c2cc(-c3ccccc3)nc(N3c4ccccc4Nc4ccccc43)n2)cc1. The molecule has 4 aromatic carbocycles. The maximum absolute atomic E-state index is 5.04. The van der Waals surface area contributed by atoms with Crippen LogP contribution < -0.4 is 10.2 Å². The Balaban J connectivity index is 1.61. The highest BCUT2D eigenvalue weighted by atomic mass is 15.3. The Morgan fingerprint density at radius 3 is 1.44 bits per heavy atom. The Hall–Kier alpha value is -4.44. The molecule has 0 saturated heterocycles. The van der Waals surface area contributed by atoms with Crippen molar-refractivity contribution in [1.29, 1.82) is 0 Å². The molecule has 1 N–H and O–H groups in total. The van der Waals surface area contributed by atoms with Crippen LogP contribution in [0.15, 0.2) is 115 Å². The fourth-order valence-electron chi connectivity index (χ4n) is 4.09. The molecule has 0 fully saturated rings. The summed E-state index contributed by atoms with van der Waals surface area (Å²) in [5.41, 5.74) is 8.01. The van der Waals surface area contributed by atoms with Gasteiger partial charge in [0.15, 0.2) is 0 Å². The number of nitrogens with zero attached hydrogens (tertiary/aromatic N) is 3. The van der Waals surface area contributed by atoms with Gasteiger partial charge in [0, 0.05) is 11.1 Å². The van der Waals surface area contributed by atoms with Crippen LogP contribution in [0, 0.1) is 0 Å². The summed E-state index contributed by atoms with van der Waals surface area (Å²) in [5.74, 6) is 0.645. The summed E-state index contributed by atoms with van der Waals surface area (Å²) >= 11 is 0. The smallest absolute Gasteiger partial charge is 0.235 e. The first-order valence-corrected chi connectivity index (χ1v) is 10.6. The maximum atomic E-state index is 5.04. The molecule has 1 aliphatic rings. The van der Waals surface area contributed by atoms with E-state index < -0.39 is 0 Å². The van der Waals surface area contributed by atoms with E-state index in [0.29, 0.717) is 5.95 Å². The molecule has 0 radical (unpaired) electrons. The summed E-state index contributed by atoms with van der Waals surface area (Å²) in [6.07, 6.45) is 0. The second-order valence-electron chi connectivity index (χ2n) is 7.67. The number of para-hydroxylation sites is 4. The summed E-state index contributed by atoms with van der Waals surface area (Å²) in [6, 6.07) is 39.1. The van der Waals surface area contributed by atoms with E-state index in [1.165, 1.54) is 0 Å². The first-order valence-electron chi connectivity index (χ1n) is 10.6. The third-order valence-electron chi connectivity index (χ3n) is 5.61. The number of anilines is 5. The molecular weight excluding hydrogens is 392 g/mol. The van der Waals surface area contributed by atoms with Crippen molar-refractivity contribution in [2.75, 3.05) is 10.2 Å². The first-order chi connectivity index (χ1) is 15.9. The zero-order valence-corrected chi connectivity index (χ0v) is 17.3. The van der Waals surface area contributed by atoms with E-state index in [2.05, 4.69) is 64.8 Å². The molecular formula is C28H20N4. The lowest BCUT2D eigenvalue weighted by Gasteiger charge is -2.32. The topological polar surface area (TPSA) is 41.1 Å². The van der Waals surface area contributed by atoms with Crippen molar-refractivity contribution >= 4 is 28.7 Å². The van der Waals surface area contributed by atoms with Gasteiger partial charge in [0.2, 0.25) is 5.95 Å². The Morgan fingerprint density at radius 1 is 0.500 bits per heavy atom. The molecule has 1 aliphatic heterocycles. The van der Waals surface area contributed by atoms with Crippen LogP contribution >= 0.6 is 0 Å². The van der Waals surface area contributed by atoms with Crippen LogP contribution in [0.4, 0.5) is 28.7 Å². The van der Waals surface area contributed by atoms with Crippen LogP contribution in [0.1, 0.15) is 0 Å². The van der Waals surface area contributed by atoms with Gasteiger partial charge in [-0.05, 0) is 30.3 Å². The van der Waals surface area contributed by atoms with E-state index in [0.717, 1.165) is 45.3 Å². The molecule has 32 heavy (non-hydrogen) atoms. The fraction of sp³-hybridized carbons (Fsp3) is 0. The number of fused-ring (bicyclic) bond motifs is 2. The molecule has 5 aromatic rings. The van der Waals surface area contributed by atoms with Crippen molar-refractivity contribution in [3.63, 3.8) is 0 Å². The molecule has 0 atom stereocenters. The normalized spacial score (nSPS) is 11.9.